The second kappa shape index (κ2) is 12.8. The Morgan fingerprint density at radius 3 is 2.92 bits per heavy atom. The molecular formula is C36H41F2N7O5. The van der Waals surface area contributed by atoms with Crippen LogP contribution in [0.1, 0.15) is 38.5 Å². The molecule has 2 aromatic heterocycles. The lowest BCUT2D eigenvalue weighted by Crippen LogP contribution is -2.63. The van der Waals surface area contributed by atoms with Crippen molar-refractivity contribution >= 4 is 33.5 Å². The molecule has 4 aliphatic rings. The van der Waals surface area contributed by atoms with Crippen LogP contribution in [-0.4, -0.2) is 112 Å². The molecule has 264 valence electrons. The number of pyridine rings is 1. The second-order valence-electron chi connectivity index (χ2n) is 14.3. The third-order valence-corrected chi connectivity index (χ3v) is 11.0. The number of halogens is 2. The van der Waals surface area contributed by atoms with Gasteiger partial charge in [0.15, 0.2) is 5.82 Å². The number of likely N-dealkylation sites (N-methyl/N-ethyl adjacent to an activating group) is 1. The van der Waals surface area contributed by atoms with Gasteiger partial charge in [-0.3, -0.25) is 14.7 Å². The summed E-state index contributed by atoms with van der Waals surface area (Å²) in [6.07, 6.45) is 5.90. The summed E-state index contributed by atoms with van der Waals surface area (Å²) in [6.45, 7) is 4.02. The summed E-state index contributed by atoms with van der Waals surface area (Å²) in [5.41, 5.74) is -0.531. The summed E-state index contributed by atoms with van der Waals surface area (Å²) in [5, 5.41) is 27.6. The maximum Gasteiger partial charge on any atom is 0.319 e. The number of carbonyl (C=O) groups is 1. The van der Waals surface area contributed by atoms with E-state index in [2.05, 4.69) is 30.4 Å². The Bertz CT molecular complexity index is 1960. The third-order valence-electron chi connectivity index (χ3n) is 11.0. The number of hydrogen-bond donors (Lipinski definition) is 4. The van der Waals surface area contributed by atoms with E-state index in [1.807, 2.05) is 7.05 Å². The number of phenols is 1. The van der Waals surface area contributed by atoms with Gasteiger partial charge in [0.05, 0.1) is 30.1 Å². The van der Waals surface area contributed by atoms with Gasteiger partial charge in [0, 0.05) is 54.9 Å². The quantitative estimate of drug-likeness (QED) is 0.182. The lowest BCUT2D eigenvalue weighted by atomic mass is 9.94. The predicted molar refractivity (Wildman–Crippen MR) is 183 cm³/mol. The molecule has 50 heavy (non-hydrogen) atoms. The largest absolute Gasteiger partial charge is 0.508 e. The molecular weight excluding hydrogens is 648 g/mol. The molecule has 0 spiro atoms. The summed E-state index contributed by atoms with van der Waals surface area (Å²) in [6, 6.07) is 7.50. The lowest BCUT2D eigenvalue weighted by molar-refractivity contribution is -0.138. The number of carboxylic acid groups (broad SMARTS) is 1. The van der Waals surface area contributed by atoms with Crippen molar-refractivity contribution in [2.45, 2.75) is 61.7 Å². The fourth-order valence-electron chi connectivity index (χ4n) is 8.84. The SMILES string of the molecule is CNCC12CCC(CN(c3nc(OC[C@]45CCCN4C[C@H](OCCC(=O)O)C5)nc4c(F)c(-c5cc(O)cc6cccc(F)c56)ncc34)C1)N2. The highest BCUT2D eigenvalue weighted by molar-refractivity contribution is 6.00. The Balaban J connectivity index is 1.19. The third kappa shape index (κ3) is 5.87. The molecule has 2 aromatic carbocycles. The molecule has 4 aliphatic heterocycles. The van der Waals surface area contributed by atoms with Crippen molar-refractivity contribution < 1.29 is 33.3 Å². The number of aromatic nitrogens is 3. The average molecular weight is 690 g/mol. The Morgan fingerprint density at radius 2 is 2.08 bits per heavy atom. The number of aliphatic carboxylic acids is 1. The summed E-state index contributed by atoms with van der Waals surface area (Å²) in [4.78, 5) is 29.6. The summed E-state index contributed by atoms with van der Waals surface area (Å²) >= 11 is 0. The molecule has 4 aromatic rings. The van der Waals surface area contributed by atoms with Gasteiger partial charge in [-0.15, -0.1) is 0 Å². The van der Waals surface area contributed by atoms with Crippen LogP contribution < -0.4 is 20.3 Å². The number of benzene rings is 2. The first-order chi connectivity index (χ1) is 24.2. The topological polar surface area (TPSA) is 145 Å². The minimum absolute atomic E-state index is 0.00143. The van der Waals surface area contributed by atoms with Crippen LogP contribution in [0, 0.1) is 11.6 Å². The molecule has 12 nitrogen and oxygen atoms in total. The highest BCUT2D eigenvalue weighted by Gasteiger charge is 2.50. The zero-order chi connectivity index (χ0) is 34.6. The van der Waals surface area contributed by atoms with Crippen molar-refractivity contribution in [2.24, 2.45) is 0 Å². The highest BCUT2D eigenvalue weighted by Crippen LogP contribution is 2.42. The predicted octanol–water partition coefficient (Wildman–Crippen LogP) is 3.84. The van der Waals surface area contributed by atoms with E-state index in [0.717, 1.165) is 38.8 Å². The summed E-state index contributed by atoms with van der Waals surface area (Å²) < 4.78 is 44.5. The van der Waals surface area contributed by atoms with Crippen molar-refractivity contribution in [1.29, 1.82) is 0 Å². The zero-order valence-corrected chi connectivity index (χ0v) is 27.9. The van der Waals surface area contributed by atoms with Crippen LogP contribution in [0.25, 0.3) is 32.9 Å². The molecule has 0 saturated carbocycles. The minimum atomic E-state index is -0.895. The molecule has 0 amide bonds. The van der Waals surface area contributed by atoms with Crippen molar-refractivity contribution in [2.75, 3.05) is 57.9 Å². The molecule has 0 aliphatic carbocycles. The number of nitrogens with one attached hydrogen (secondary N) is 2. The number of ether oxygens (including phenoxy) is 2. The molecule has 4 fully saturated rings. The smallest absolute Gasteiger partial charge is 0.319 e. The Kier molecular flexibility index (Phi) is 8.45. The number of piperazine rings is 1. The van der Waals surface area contributed by atoms with Gasteiger partial charge in [0.25, 0.3) is 0 Å². The number of aromatic hydroxyl groups is 1. The number of phenolic OH excluding ortho intramolecular Hbond substituents is 1. The van der Waals surface area contributed by atoms with Crippen LogP contribution in [0.3, 0.4) is 0 Å². The fraction of sp³-hybridized carbons (Fsp3) is 0.500. The number of nitrogens with zero attached hydrogens (tertiary/aromatic N) is 5. The Hall–Kier alpha value is -4.24. The lowest BCUT2D eigenvalue weighted by Gasteiger charge is -2.42. The van der Waals surface area contributed by atoms with Crippen molar-refractivity contribution in [3.63, 3.8) is 0 Å². The molecule has 4 atom stereocenters. The number of hydrogen-bond acceptors (Lipinski definition) is 11. The number of carboxylic acids is 1. The monoisotopic (exact) mass is 689 g/mol. The van der Waals surface area contributed by atoms with E-state index in [4.69, 9.17) is 19.6 Å². The van der Waals surface area contributed by atoms with Crippen molar-refractivity contribution in [3.05, 3.63) is 48.2 Å². The zero-order valence-electron chi connectivity index (χ0n) is 27.9. The van der Waals surface area contributed by atoms with E-state index in [9.17, 15) is 9.90 Å². The maximum absolute atomic E-state index is 16.9. The molecule has 2 unspecified atom stereocenters. The Morgan fingerprint density at radius 1 is 1.20 bits per heavy atom. The van der Waals surface area contributed by atoms with E-state index >= 15 is 8.78 Å². The highest BCUT2D eigenvalue weighted by atomic mass is 19.1. The first kappa shape index (κ1) is 32.9. The van der Waals surface area contributed by atoms with Crippen LogP contribution in [-0.2, 0) is 9.53 Å². The standard InChI is InChI=1S/C36H41F2N7O5/c1-39-18-35-9-6-22(43-35)16-44(19-35)33-26-15-40-31(25-13-23(46)12-21-4-2-5-27(37)29(21)25)30(38)32(26)41-34(42-33)50-20-36-8-3-10-45(36)17-24(14-36)49-11-7-28(47)48/h2,4-5,12-13,15,22,24,39,43,46H,3,6-11,14,16-20H2,1H3,(H,47,48)/t22?,24-,35?,36-/m1/s1. The Labute approximate surface area is 287 Å². The van der Waals surface area contributed by atoms with Gasteiger partial charge in [0.1, 0.15) is 35.2 Å². The molecule has 8 rings (SSSR count). The summed E-state index contributed by atoms with van der Waals surface area (Å²) in [5.74, 6) is -1.83. The molecule has 14 heteroatoms. The van der Waals surface area contributed by atoms with E-state index in [-0.39, 0.29) is 76.8 Å². The first-order valence-corrected chi connectivity index (χ1v) is 17.3. The molecule has 4 N–H and O–H groups in total. The van der Waals surface area contributed by atoms with Crippen LogP contribution in [0.4, 0.5) is 14.6 Å². The molecule has 6 heterocycles. The van der Waals surface area contributed by atoms with E-state index in [0.29, 0.717) is 42.6 Å². The van der Waals surface area contributed by atoms with Gasteiger partial charge in [0.2, 0.25) is 0 Å². The van der Waals surface area contributed by atoms with Crippen LogP contribution in [0.2, 0.25) is 0 Å². The fourth-order valence-corrected chi connectivity index (χ4v) is 8.84. The normalized spacial score (nSPS) is 26.3. The van der Waals surface area contributed by atoms with E-state index in [1.54, 1.807) is 6.07 Å². The van der Waals surface area contributed by atoms with E-state index in [1.165, 1.54) is 30.5 Å². The molecule has 4 saturated heterocycles. The number of rotatable bonds is 11. The second-order valence-corrected chi connectivity index (χ2v) is 14.3. The van der Waals surface area contributed by atoms with Crippen molar-refractivity contribution in [1.82, 2.24) is 30.5 Å². The first-order valence-electron chi connectivity index (χ1n) is 17.3. The van der Waals surface area contributed by atoms with Crippen LogP contribution in [0.5, 0.6) is 11.8 Å². The van der Waals surface area contributed by atoms with Crippen molar-refractivity contribution in [3.8, 4) is 23.0 Å². The summed E-state index contributed by atoms with van der Waals surface area (Å²) in [7, 11) is 1.93. The number of fused-ring (bicyclic) bond motifs is 5. The van der Waals surface area contributed by atoms with Crippen LogP contribution >= 0.6 is 0 Å². The number of anilines is 1. The van der Waals surface area contributed by atoms with Gasteiger partial charge in [-0.1, -0.05) is 12.1 Å². The molecule has 0 radical (unpaired) electrons. The average Bonchev–Trinajstić information content (AvgIpc) is 3.72. The van der Waals surface area contributed by atoms with Gasteiger partial charge in [-0.05, 0) is 69.3 Å². The maximum atomic E-state index is 16.9. The van der Waals surface area contributed by atoms with Gasteiger partial charge >= 0.3 is 12.0 Å². The van der Waals surface area contributed by atoms with Gasteiger partial charge in [-0.2, -0.15) is 9.97 Å². The minimum Gasteiger partial charge on any atom is -0.508 e. The van der Waals surface area contributed by atoms with E-state index < -0.39 is 17.6 Å². The van der Waals surface area contributed by atoms with Gasteiger partial charge < -0.3 is 35.2 Å². The molecule has 2 bridgehead atoms. The van der Waals surface area contributed by atoms with Gasteiger partial charge in [-0.25, -0.2) is 8.78 Å². The van der Waals surface area contributed by atoms with Crippen LogP contribution in [0.15, 0.2) is 36.5 Å².